The molecule has 0 bridgehead atoms. The summed E-state index contributed by atoms with van der Waals surface area (Å²) in [6.45, 7) is 0. The molecule has 0 heterocycles. The van der Waals surface area contributed by atoms with Crippen molar-refractivity contribution in [3.05, 3.63) is 0 Å². The van der Waals surface area contributed by atoms with E-state index in [0.29, 0.717) is 0 Å². The Morgan fingerprint density at radius 2 is 0.833 bits per heavy atom. The fourth-order valence-electron chi connectivity index (χ4n) is 0. The smallest absolute Gasteiger partial charge is 1.00 e. The minimum Gasteiger partial charge on any atom is -1.00 e. The molecule has 0 aromatic rings. The van der Waals surface area contributed by atoms with Crippen molar-refractivity contribution in [2.75, 3.05) is 0 Å². The van der Waals surface area contributed by atoms with Gasteiger partial charge in [-0.05, 0) is 0 Å². The Balaban J connectivity index is -0.000000000333. The van der Waals surface area contributed by atoms with Gasteiger partial charge in [-0.2, -0.15) is 0 Å². The Labute approximate surface area is 62.4 Å². The Hall–Kier alpha value is 1.03. The van der Waals surface area contributed by atoms with Crippen molar-refractivity contribution in [3.8, 4) is 0 Å². The van der Waals surface area contributed by atoms with Gasteiger partial charge in [-0.15, -0.1) is 0 Å². The van der Waals surface area contributed by atoms with Crippen LogP contribution in [-0.4, -0.2) is 21.5 Å². The number of rotatable bonds is 0. The molecule has 6 heteroatoms. The molecule has 6 N–H and O–H groups in total. The van der Waals surface area contributed by atoms with Gasteiger partial charge in [-0.3, -0.25) is 10.5 Å². The quantitative estimate of drug-likeness (QED) is 0.174. The van der Waals surface area contributed by atoms with E-state index in [1.165, 1.54) is 0 Å². The van der Waals surface area contributed by atoms with Crippen LogP contribution in [-0.2, 0) is 0 Å². The monoisotopic (exact) mass is 86.1 g/mol. The molecule has 0 radical (unpaired) electrons. The zero-order chi connectivity index (χ0) is 2.00. The topological polar surface area (TPSA) is 103 Å². The maximum Gasteiger partial charge on any atom is 1.00 e. The third-order valence-corrected chi connectivity index (χ3v) is 0. The fourth-order valence-corrected chi connectivity index (χ4v) is 0. The van der Waals surface area contributed by atoms with Crippen molar-refractivity contribution in [2.24, 2.45) is 0 Å². The van der Waals surface area contributed by atoms with Crippen LogP contribution in [0.4, 0.5) is 0 Å². The molecule has 0 fully saturated rings. The SMILES string of the molecule is O.O.OO.[H-].[H-].[Li+].[Li+]. The first-order chi connectivity index (χ1) is 1.00. The molecule has 0 aliphatic heterocycles. The summed E-state index contributed by atoms with van der Waals surface area (Å²) in [6, 6.07) is 0. The third kappa shape index (κ3) is 76.5. The van der Waals surface area contributed by atoms with E-state index >= 15 is 0 Å². The van der Waals surface area contributed by atoms with Gasteiger partial charge in [0.05, 0.1) is 0 Å². The first-order valence-corrected chi connectivity index (χ1v) is 0.200. The Kier molecular flexibility index (Phi) is 1470. The maximum atomic E-state index is 6.00. The molecular weight excluding hydrogens is 77.9 g/mol. The summed E-state index contributed by atoms with van der Waals surface area (Å²) < 4.78 is 0. The van der Waals surface area contributed by atoms with Crippen LogP contribution in [0.15, 0.2) is 0 Å². The molecule has 0 spiro atoms. The first-order valence-electron chi connectivity index (χ1n) is 0.200. The van der Waals surface area contributed by atoms with Crippen molar-refractivity contribution in [1.82, 2.24) is 0 Å². The van der Waals surface area contributed by atoms with Crippen LogP contribution in [0.2, 0.25) is 0 Å². The average Bonchev–Trinajstić information content (AvgIpc) is 1.00. The number of hydrogen-bond donors (Lipinski definition) is 2. The molecule has 0 amide bonds. The van der Waals surface area contributed by atoms with Gasteiger partial charge >= 0.3 is 37.7 Å². The number of hydrogen-bond acceptors (Lipinski definition) is 2. The van der Waals surface area contributed by atoms with Crippen LogP contribution in [0.1, 0.15) is 2.85 Å². The minimum atomic E-state index is 0. The summed E-state index contributed by atoms with van der Waals surface area (Å²) in [5.74, 6) is 0. The summed E-state index contributed by atoms with van der Waals surface area (Å²) >= 11 is 0. The molecule has 0 aromatic carbocycles. The molecule has 4 nitrogen and oxygen atoms in total. The van der Waals surface area contributed by atoms with Crippen LogP contribution < -0.4 is 37.7 Å². The van der Waals surface area contributed by atoms with E-state index in [2.05, 4.69) is 0 Å². The molecule has 0 unspecified atom stereocenters. The van der Waals surface area contributed by atoms with Gasteiger partial charge in [0.2, 0.25) is 0 Å². The first kappa shape index (κ1) is 61.9. The van der Waals surface area contributed by atoms with Crippen molar-refractivity contribution in [2.45, 2.75) is 0 Å². The van der Waals surface area contributed by atoms with E-state index in [0.717, 1.165) is 0 Å². The molecule has 0 rings (SSSR count). The second kappa shape index (κ2) is 143. The van der Waals surface area contributed by atoms with Gasteiger partial charge in [0.15, 0.2) is 0 Å². The largest absolute Gasteiger partial charge is 1.00 e. The summed E-state index contributed by atoms with van der Waals surface area (Å²) in [4.78, 5) is 0. The van der Waals surface area contributed by atoms with Crippen LogP contribution in [0, 0.1) is 0 Å². The minimum absolute atomic E-state index is 0. The van der Waals surface area contributed by atoms with Gasteiger partial charge in [-0.25, -0.2) is 0 Å². The summed E-state index contributed by atoms with van der Waals surface area (Å²) in [7, 11) is 0. The molecule has 34 valence electrons. The molecule has 0 saturated carbocycles. The van der Waals surface area contributed by atoms with Crippen molar-refractivity contribution < 1.29 is 62.0 Å². The molecule has 6 heavy (non-hydrogen) atoms. The molecule has 0 aliphatic carbocycles. The van der Waals surface area contributed by atoms with E-state index < -0.39 is 0 Å². The molecular formula is H8Li2O4. The fraction of sp³-hybridized carbons (Fsp3) is 0. The normalized spacial score (nSPS) is 1.00. The van der Waals surface area contributed by atoms with Gasteiger partial charge in [0, 0.05) is 0 Å². The standard InChI is InChI=1S/2Li.H2O2.2H2O.2H/c;;1-2;;;;/h;;1-2H;2*1H2;;/q2*+1;;;;2*-1. The van der Waals surface area contributed by atoms with E-state index in [1.807, 2.05) is 0 Å². The van der Waals surface area contributed by atoms with Crippen molar-refractivity contribution in [1.29, 1.82) is 0 Å². The van der Waals surface area contributed by atoms with Crippen LogP contribution in [0.5, 0.6) is 0 Å². The third-order valence-electron chi connectivity index (χ3n) is 0. The van der Waals surface area contributed by atoms with Crippen LogP contribution in [0.25, 0.3) is 0 Å². The molecule has 0 atom stereocenters. The zero-order valence-electron chi connectivity index (χ0n) is 5.89. The second-order valence-corrected chi connectivity index (χ2v) is 0. The Bertz CT molecular complexity index is 12.0. The van der Waals surface area contributed by atoms with Crippen LogP contribution >= 0.6 is 0 Å². The van der Waals surface area contributed by atoms with Crippen molar-refractivity contribution >= 4 is 0 Å². The Morgan fingerprint density at radius 1 is 0.833 bits per heavy atom. The van der Waals surface area contributed by atoms with Gasteiger partial charge in [0.25, 0.3) is 0 Å². The second-order valence-electron chi connectivity index (χ2n) is 0. The van der Waals surface area contributed by atoms with Gasteiger partial charge in [0.1, 0.15) is 0 Å². The zero-order valence-corrected chi connectivity index (χ0v) is 3.89. The summed E-state index contributed by atoms with van der Waals surface area (Å²) in [6.07, 6.45) is 0. The van der Waals surface area contributed by atoms with E-state index in [4.69, 9.17) is 10.5 Å². The predicted octanol–water partition coefficient (Wildman–Crippen LogP) is -7.40. The van der Waals surface area contributed by atoms with E-state index in [-0.39, 0.29) is 51.5 Å². The summed E-state index contributed by atoms with van der Waals surface area (Å²) in [5, 5.41) is 12.0. The summed E-state index contributed by atoms with van der Waals surface area (Å²) in [5.41, 5.74) is 0. The molecule has 0 saturated heterocycles. The van der Waals surface area contributed by atoms with Crippen molar-refractivity contribution in [3.63, 3.8) is 0 Å². The van der Waals surface area contributed by atoms with E-state index in [9.17, 15) is 0 Å². The van der Waals surface area contributed by atoms with Gasteiger partial charge < -0.3 is 13.8 Å². The Morgan fingerprint density at radius 3 is 0.833 bits per heavy atom. The molecule has 0 aromatic heterocycles. The molecule has 0 aliphatic rings. The predicted molar refractivity (Wildman–Crippen MR) is 14.7 cm³/mol. The average molecular weight is 85.9 g/mol. The van der Waals surface area contributed by atoms with Gasteiger partial charge in [-0.1, -0.05) is 0 Å². The maximum absolute atomic E-state index is 6.00. The van der Waals surface area contributed by atoms with Crippen LogP contribution in [0.3, 0.4) is 0 Å². The van der Waals surface area contributed by atoms with E-state index in [1.54, 1.807) is 0 Å².